The predicted octanol–water partition coefficient (Wildman–Crippen LogP) is 23.1. The van der Waals surface area contributed by atoms with Gasteiger partial charge in [0.1, 0.15) is 19.3 Å². The Balaban J connectivity index is 5.12. The van der Waals surface area contributed by atoms with E-state index in [1.807, 2.05) is 0 Å². The van der Waals surface area contributed by atoms with Crippen LogP contribution < -0.4 is 0 Å². The molecule has 97 heavy (non-hydrogen) atoms. The molecule has 0 bridgehead atoms. The molecule has 0 aliphatic heterocycles. The van der Waals surface area contributed by atoms with Crippen LogP contribution in [0, 0.1) is 11.8 Å². The van der Waals surface area contributed by atoms with Crippen LogP contribution in [0.5, 0.6) is 0 Å². The third kappa shape index (κ3) is 69.5. The maximum absolute atomic E-state index is 13.1. The van der Waals surface area contributed by atoms with Crippen molar-refractivity contribution in [3.63, 3.8) is 0 Å². The topological polar surface area (TPSA) is 237 Å². The lowest BCUT2D eigenvalue weighted by atomic mass is 9.99. The van der Waals surface area contributed by atoms with E-state index in [1.54, 1.807) is 0 Å². The number of phosphoric acid groups is 2. The number of rotatable bonds is 77. The maximum Gasteiger partial charge on any atom is 0.472 e. The highest BCUT2D eigenvalue weighted by Crippen LogP contribution is 2.45. The molecule has 0 radical (unpaired) electrons. The van der Waals surface area contributed by atoms with Gasteiger partial charge < -0.3 is 33.8 Å². The Morgan fingerprint density at radius 3 is 0.732 bits per heavy atom. The average Bonchev–Trinajstić information content (AvgIpc) is 1.42. The number of carbonyl (C=O) groups is 4. The Kier molecular flexibility index (Phi) is 68.4. The van der Waals surface area contributed by atoms with Gasteiger partial charge in [-0.25, -0.2) is 9.13 Å². The highest BCUT2D eigenvalue weighted by Gasteiger charge is 2.30. The van der Waals surface area contributed by atoms with Crippen LogP contribution in [0.15, 0.2) is 0 Å². The second-order valence-corrected chi connectivity index (χ2v) is 31.5. The minimum Gasteiger partial charge on any atom is -0.462 e. The van der Waals surface area contributed by atoms with Gasteiger partial charge in [0.05, 0.1) is 26.4 Å². The summed E-state index contributed by atoms with van der Waals surface area (Å²) in [5, 5.41) is 10.6. The molecule has 0 aromatic rings. The van der Waals surface area contributed by atoms with E-state index in [2.05, 4.69) is 41.5 Å². The molecular weight excluding hydrogens is 1270 g/mol. The Labute approximate surface area is 594 Å². The minimum absolute atomic E-state index is 0.104. The molecule has 19 heteroatoms. The molecule has 0 aliphatic rings. The van der Waals surface area contributed by atoms with Gasteiger partial charge >= 0.3 is 39.5 Å². The monoisotopic (exact) mass is 1420 g/mol. The number of phosphoric ester groups is 2. The van der Waals surface area contributed by atoms with Crippen molar-refractivity contribution >= 4 is 39.5 Å². The van der Waals surface area contributed by atoms with E-state index < -0.39 is 97.5 Å². The second kappa shape index (κ2) is 69.8. The molecule has 17 nitrogen and oxygen atoms in total. The number of hydrogen-bond acceptors (Lipinski definition) is 15. The van der Waals surface area contributed by atoms with Crippen molar-refractivity contribution in [2.75, 3.05) is 39.6 Å². The van der Waals surface area contributed by atoms with E-state index in [9.17, 15) is 43.2 Å². The summed E-state index contributed by atoms with van der Waals surface area (Å²) in [7, 11) is -9.90. The van der Waals surface area contributed by atoms with Crippen LogP contribution in [0.1, 0.15) is 408 Å². The molecule has 0 saturated carbocycles. The number of hydrogen-bond donors (Lipinski definition) is 3. The summed E-state index contributed by atoms with van der Waals surface area (Å²) in [6, 6.07) is 0. The van der Waals surface area contributed by atoms with Gasteiger partial charge in [0, 0.05) is 25.7 Å². The van der Waals surface area contributed by atoms with E-state index in [1.165, 1.54) is 218 Å². The molecule has 0 heterocycles. The number of esters is 4. The fraction of sp³-hybridized carbons (Fsp3) is 0.949. The van der Waals surface area contributed by atoms with E-state index in [4.69, 9.17) is 37.0 Å². The molecule has 0 aliphatic carbocycles. The summed E-state index contributed by atoms with van der Waals surface area (Å²) < 4.78 is 68.3. The van der Waals surface area contributed by atoms with Crippen LogP contribution in [-0.2, 0) is 65.4 Å². The first kappa shape index (κ1) is 95.1. The van der Waals surface area contributed by atoms with Crippen molar-refractivity contribution in [1.29, 1.82) is 0 Å². The quantitative estimate of drug-likeness (QED) is 0.0222. The molecule has 0 fully saturated rings. The minimum atomic E-state index is -4.96. The van der Waals surface area contributed by atoms with Gasteiger partial charge in [0.25, 0.3) is 0 Å². The predicted molar refractivity (Wildman–Crippen MR) is 395 cm³/mol. The first-order chi connectivity index (χ1) is 46.9. The zero-order chi connectivity index (χ0) is 71.4. The third-order valence-corrected chi connectivity index (χ3v) is 20.8. The summed E-state index contributed by atoms with van der Waals surface area (Å²) >= 11 is 0. The van der Waals surface area contributed by atoms with Crippen molar-refractivity contribution < 1.29 is 80.2 Å². The SMILES string of the molecule is CCCCCCCCCCCCCCCCCCCCC(=O)OC[C@H](COP(=O)(O)OC[C@@H](O)COP(=O)(O)OC[C@@H](COC(=O)CCCCCCC)OC(=O)CCCCCCCCCCC(C)CC)OC(=O)CCCCCCCCCCCCCCCCCCCCC(C)CC. The second-order valence-electron chi connectivity index (χ2n) is 28.6. The molecule has 0 amide bonds. The van der Waals surface area contributed by atoms with Crippen LogP contribution >= 0.6 is 15.6 Å². The van der Waals surface area contributed by atoms with Gasteiger partial charge in [-0.3, -0.25) is 37.3 Å². The summed E-state index contributed by atoms with van der Waals surface area (Å²) in [6.07, 6.45) is 58.8. The first-order valence-corrected chi connectivity index (χ1v) is 43.6. The number of aliphatic hydroxyl groups excluding tert-OH is 1. The Bertz CT molecular complexity index is 1880. The molecule has 576 valence electrons. The standard InChI is InChI=1S/C78H152O17P2/c1-7-11-13-15-16-17-18-19-20-21-25-28-31-34-37-43-49-55-61-76(81)89-67-74(95-77(82)62-56-50-44-38-35-32-29-26-23-22-24-27-30-33-36-41-47-52-58-70(5)9-3)69-93-97(86,87)91-65-72(79)64-90-96(84,85)92-68-73(66-88-75(80)60-54-46-14-12-8-2)94-78(83)63-57-51-45-40-39-42-48-53-59-71(6)10-4/h70-74,79H,7-69H2,1-6H3,(H,84,85)(H,86,87)/t70?,71?,72-,73+,74+/m0/s1. The third-order valence-electron chi connectivity index (χ3n) is 18.9. The maximum atomic E-state index is 13.1. The molecular formula is C78H152O17P2. The van der Waals surface area contributed by atoms with Gasteiger partial charge in [-0.2, -0.15) is 0 Å². The largest absolute Gasteiger partial charge is 0.472 e. The number of unbranched alkanes of at least 4 members (excludes halogenated alkanes) is 45. The highest BCUT2D eigenvalue weighted by atomic mass is 31.2. The van der Waals surface area contributed by atoms with Crippen LogP contribution in [0.4, 0.5) is 0 Å². The number of ether oxygens (including phenoxy) is 4. The summed E-state index contributed by atoms with van der Waals surface area (Å²) in [4.78, 5) is 72.6. The average molecular weight is 1420 g/mol. The molecule has 7 atom stereocenters. The molecule has 0 saturated heterocycles. The molecule has 3 N–H and O–H groups in total. The zero-order valence-corrected chi connectivity index (χ0v) is 65.2. The van der Waals surface area contributed by atoms with E-state index in [0.29, 0.717) is 25.7 Å². The zero-order valence-electron chi connectivity index (χ0n) is 63.4. The van der Waals surface area contributed by atoms with Crippen molar-refractivity contribution in [3.05, 3.63) is 0 Å². The smallest absolute Gasteiger partial charge is 0.462 e. The lowest BCUT2D eigenvalue weighted by Gasteiger charge is -2.21. The molecule has 4 unspecified atom stereocenters. The van der Waals surface area contributed by atoms with E-state index in [-0.39, 0.29) is 25.7 Å². The molecule has 0 aromatic carbocycles. The fourth-order valence-corrected chi connectivity index (χ4v) is 13.5. The van der Waals surface area contributed by atoms with Crippen molar-refractivity contribution in [2.45, 2.75) is 426 Å². The summed E-state index contributed by atoms with van der Waals surface area (Å²) in [5.41, 5.74) is 0. The molecule has 0 spiro atoms. The van der Waals surface area contributed by atoms with Crippen molar-refractivity contribution in [1.82, 2.24) is 0 Å². The Morgan fingerprint density at radius 2 is 0.495 bits per heavy atom. The molecule has 0 rings (SSSR count). The van der Waals surface area contributed by atoms with E-state index >= 15 is 0 Å². The van der Waals surface area contributed by atoms with Gasteiger partial charge in [-0.1, -0.05) is 356 Å². The first-order valence-electron chi connectivity index (χ1n) is 40.6. The lowest BCUT2D eigenvalue weighted by molar-refractivity contribution is -0.161. The van der Waals surface area contributed by atoms with Crippen LogP contribution in [0.25, 0.3) is 0 Å². The van der Waals surface area contributed by atoms with Gasteiger partial charge in [-0.05, 0) is 37.5 Å². The summed E-state index contributed by atoms with van der Waals surface area (Å²) in [5.74, 6) is -0.486. The fourth-order valence-electron chi connectivity index (χ4n) is 11.9. The van der Waals surface area contributed by atoms with Crippen molar-refractivity contribution in [3.8, 4) is 0 Å². The lowest BCUT2D eigenvalue weighted by Crippen LogP contribution is -2.30. The van der Waals surface area contributed by atoms with Crippen LogP contribution in [-0.4, -0.2) is 96.7 Å². The van der Waals surface area contributed by atoms with Crippen LogP contribution in [0.3, 0.4) is 0 Å². The van der Waals surface area contributed by atoms with Gasteiger partial charge in [0.2, 0.25) is 0 Å². The van der Waals surface area contributed by atoms with Crippen LogP contribution in [0.2, 0.25) is 0 Å². The van der Waals surface area contributed by atoms with Gasteiger partial charge in [-0.15, -0.1) is 0 Å². The van der Waals surface area contributed by atoms with Crippen molar-refractivity contribution in [2.24, 2.45) is 11.8 Å². The Morgan fingerprint density at radius 1 is 0.289 bits per heavy atom. The normalized spacial score (nSPS) is 14.5. The van der Waals surface area contributed by atoms with Gasteiger partial charge in [0.15, 0.2) is 12.2 Å². The van der Waals surface area contributed by atoms with E-state index in [0.717, 1.165) is 108 Å². The Hall–Kier alpha value is -1.94. The highest BCUT2D eigenvalue weighted by molar-refractivity contribution is 7.47. The number of aliphatic hydroxyl groups is 1. The number of carbonyl (C=O) groups excluding carboxylic acids is 4. The molecule has 0 aromatic heterocycles. The summed E-state index contributed by atoms with van der Waals surface area (Å²) in [6.45, 7) is 9.58.